The van der Waals surface area contributed by atoms with Crippen molar-refractivity contribution in [3.8, 4) is 0 Å². The van der Waals surface area contributed by atoms with Crippen LogP contribution in [0.25, 0.3) is 0 Å². The van der Waals surface area contributed by atoms with Gasteiger partial charge < -0.3 is 45.6 Å². The molecule has 1 heterocycles. The fraction of sp³-hybridized carbons (Fsp3) is 0.900. The summed E-state index contributed by atoms with van der Waals surface area (Å²) >= 11 is 0. The molecular formula is C10H20O10. The fourth-order valence-corrected chi connectivity index (χ4v) is 1.25. The molecule has 1 aliphatic heterocycles. The molecule has 120 valence electrons. The Bertz CT molecular complexity index is 298. The van der Waals surface area contributed by atoms with Gasteiger partial charge in [0.25, 0.3) is 0 Å². The van der Waals surface area contributed by atoms with Crippen LogP contribution in [0.2, 0.25) is 0 Å². The molecule has 10 heteroatoms. The molecule has 10 nitrogen and oxygen atoms in total. The first-order chi connectivity index (χ1) is 9.23. The quantitative estimate of drug-likeness (QED) is 0.243. The molecule has 0 aliphatic carbocycles. The van der Waals surface area contributed by atoms with Gasteiger partial charge >= 0.3 is 0 Å². The molecule has 0 amide bonds. The van der Waals surface area contributed by atoms with Gasteiger partial charge in [-0.2, -0.15) is 0 Å². The predicted octanol–water partition coefficient (Wildman–Crippen LogP) is -5.32. The second-order valence-corrected chi connectivity index (χ2v) is 4.15. The van der Waals surface area contributed by atoms with E-state index in [1.54, 1.807) is 0 Å². The van der Waals surface area contributed by atoms with Crippen LogP contribution in [0.15, 0.2) is 0 Å². The van der Waals surface area contributed by atoms with Crippen LogP contribution in [0.3, 0.4) is 0 Å². The zero-order valence-electron chi connectivity index (χ0n) is 10.5. The van der Waals surface area contributed by atoms with E-state index in [0.29, 0.717) is 0 Å². The molecule has 0 aromatic heterocycles. The predicted molar refractivity (Wildman–Crippen MR) is 61.2 cm³/mol. The molecule has 0 saturated carbocycles. The Kier molecular flexibility index (Phi) is 8.27. The number of rotatable bonds is 5. The van der Waals surface area contributed by atoms with Crippen LogP contribution in [-0.2, 0) is 9.53 Å². The van der Waals surface area contributed by atoms with Crippen LogP contribution in [0.4, 0.5) is 0 Å². The summed E-state index contributed by atoms with van der Waals surface area (Å²) in [6.07, 6.45) is -5.72. The van der Waals surface area contributed by atoms with E-state index in [0.717, 1.165) is 0 Å². The summed E-state index contributed by atoms with van der Waals surface area (Å²) in [4.78, 5) is 10.3. The lowest BCUT2D eigenvalue weighted by Crippen LogP contribution is -2.46. The maximum absolute atomic E-state index is 10.3. The van der Waals surface area contributed by atoms with E-state index in [1.807, 2.05) is 0 Å². The molecule has 1 fully saturated rings. The molecule has 1 rings (SSSR count). The van der Waals surface area contributed by atoms with Crippen molar-refractivity contribution in [3.63, 3.8) is 0 Å². The molecule has 0 bridgehead atoms. The first kappa shape index (κ1) is 19.3. The third kappa shape index (κ3) is 5.01. The first-order valence-electron chi connectivity index (χ1n) is 5.67. The van der Waals surface area contributed by atoms with Crippen LogP contribution in [0, 0.1) is 0 Å². The summed E-state index contributed by atoms with van der Waals surface area (Å²) in [5.41, 5.74) is 0. The van der Waals surface area contributed by atoms with Crippen LogP contribution < -0.4 is 0 Å². The minimum Gasteiger partial charge on any atom is -0.394 e. The highest BCUT2D eigenvalue weighted by molar-refractivity contribution is 5.84. The van der Waals surface area contributed by atoms with E-state index < -0.39 is 55.8 Å². The molecular weight excluding hydrogens is 280 g/mol. The summed E-state index contributed by atoms with van der Waals surface area (Å²) in [6, 6.07) is 0. The molecule has 1 saturated heterocycles. The number of hydrogen-bond acceptors (Lipinski definition) is 10. The zero-order chi connectivity index (χ0) is 15.9. The largest absolute Gasteiger partial charge is 0.394 e. The Labute approximate surface area is 114 Å². The van der Waals surface area contributed by atoms with Crippen molar-refractivity contribution in [2.24, 2.45) is 0 Å². The molecule has 0 aromatic carbocycles. The van der Waals surface area contributed by atoms with Gasteiger partial charge in [-0.05, 0) is 0 Å². The number of aliphatic hydroxyl groups excluding tert-OH is 7. The number of aliphatic hydroxyl groups is 8. The van der Waals surface area contributed by atoms with E-state index in [9.17, 15) is 4.79 Å². The second-order valence-electron chi connectivity index (χ2n) is 4.15. The summed E-state index contributed by atoms with van der Waals surface area (Å²) < 4.78 is 4.52. The van der Waals surface area contributed by atoms with E-state index >= 15 is 0 Å². The molecule has 0 radical (unpaired) electrons. The molecule has 3 unspecified atom stereocenters. The summed E-state index contributed by atoms with van der Waals surface area (Å²) in [5, 5.41) is 68.9. The van der Waals surface area contributed by atoms with E-state index in [2.05, 4.69) is 4.74 Å². The Balaban J connectivity index is 0.000000361. The van der Waals surface area contributed by atoms with Crippen molar-refractivity contribution in [1.29, 1.82) is 0 Å². The van der Waals surface area contributed by atoms with Crippen molar-refractivity contribution in [2.45, 2.75) is 30.2 Å². The Morgan fingerprint density at radius 2 is 1.80 bits per heavy atom. The van der Waals surface area contributed by atoms with Gasteiger partial charge in [0.05, 0.1) is 19.8 Å². The van der Waals surface area contributed by atoms with Gasteiger partial charge in [-0.15, -0.1) is 0 Å². The molecule has 1 aliphatic rings. The van der Waals surface area contributed by atoms with Gasteiger partial charge in [-0.25, -0.2) is 0 Å². The number of Topliss-reactive ketones (excluding diaryl/α,β-unsaturated/α-hetero) is 1. The van der Waals surface area contributed by atoms with Crippen LogP contribution in [-0.4, -0.2) is 103 Å². The van der Waals surface area contributed by atoms with Gasteiger partial charge in [0, 0.05) is 0 Å². The first-order valence-corrected chi connectivity index (χ1v) is 5.67. The molecule has 20 heavy (non-hydrogen) atoms. The van der Waals surface area contributed by atoms with Crippen LogP contribution in [0.1, 0.15) is 0 Å². The van der Waals surface area contributed by atoms with Crippen molar-refractivity contribution in [2.75, 3.05) is 26.4 Å². The SMILES string of the molecule is O=C(CO)C(O)C(O)CO.OCC1(O)OC[C@H](O)[C@H]1O. The highest BCUT2D eigenvalue weighted by Gasteiger charge is 2.47. The molecule has 5 atom stereocenters. The van der Waals surface area contributed by atoms with Gasteiger partial charge in [-0.1, -0.05) is 0 Å². The Hall–Kier alpha value is -0.690. The minimum absolute atomic E-state index is 0.155. The lowest BCUT2D eigenvalue weighted by Gasteiger charge is -2.22. The maximum atomic E-state index is 10.3. The standard InChI is InChI=1S/2C5H10O5/c6-2-5(9)4(8)3(7)1-10-5;6-1-3(8)5(10)4(9)2-7/h3-4,6-9H,1-2H2;3,5-8,10H,1-2H2/t3-,4+,5?;/m0./s1. The van der Waals surface area contributed by atoms with Gasteiger partial charge in [0.1, 0.15) is 31.0 Å². The number of ether oxygens (including phenoxy) is 1. The van der Waals surface area contributed by atoms with E-state index in [4.69, 9.17) is 40.9 Å². The monoisotopic (exact) mass is 300 g/mol. The molecule has 8 N–H and O–H groups in total. The van der Waals surface area contributed by atoms with E-state index in [1.165, 1.54) is 0 Å². The van der Waals surface area contributed by atoms with Crippen molar-refractivity contribution >= 4 is 5.78 Å². The average molecular weight is 300 g/mol. The van der Waals surface area contributed by atoms with Gasteiger partial charge in [-0.3, -0.25) is 4.79 Å². The van der Waals surface area contributed by atoms with Crippen molar-refractivity contribution in [1.82, 2.24) is 0 Å². The summed E-state index contributed by atoms with van der Waals surface area (Å²) in [6.45, 7) is -2.41. The highest BCUT2D eigenvalue weighted by Crippen LogP contribution is 2.22. The van der Waals surface area contributed by atoms with E-state index in [-0.39, 0.29) is 6.61 Å². The van der Waals surface area contributed by atoms with Crippen molar-refractivity contribution < 1.29 is 50.4 Å². The lowest BCUT2D eigenvalue weighted by atomic mass is 10.1. The topological polar surface area (TPSA) is 188 Å². The summed E-state index contributed by atoms with van der Waals surface area (Å²) in [7, 11) is 0. The lowest BCUT2D eigenvalue weighted by molar-refractivity contribution is -0.234. The molecule has 0 aromatic rings. The van der Waals surface area contributed by atoms with Crippen LogP contribution >= 0.6 is 0 Å². The number of ketones is 1. The number of carbonyl (C=O) groups is 1. The zero-order valence-corrected chi connectivity index (χ0v) is 10.5. The maximum Gasteiger partial charge on any atom is 0.218 e. The minimum atomic E-state index is -1.97. The Morgan fingerprint density at radius 3 is 2.05 bits per heavy atom. The van der Waals surface area contributed by atoms with Gasteiger partial charge in [0.2, 0.25) is 5.79 Å². The smallest absolute Gasteiger partial charge is 0.218 e. The van der Waals surface area contributed by atoms with Crippen molar-refractivity contribution in [3.05, 3.63) is 0 Å². The van der Waals surface area contributed by atoms with Gasteiger partial charge in [0.15, 0.2) is 5.78 Å². The third-order valence-corrected chi connectivity index (χ3v) is 2.59. The fourth-order valence-electron chi connectivity index (χ4n) is 1.25. The number of hydrogen-bond donors (Lipinski definition) is 8. The average Bonchev–Trinajstić information content (AvgIpc) is 2.73. The third-order valence-electron chi connectivity index (χ3n) is 2.59. The second kappa shape index (κ2) is 8.56. The number of carbonyl (C=O) groups excluding carboxylic acids is 1. The molecule has 0 spiro atoms. The van der Waals surface area contributed by atoms with Crippen LogP contribution in [0.5, 0.6) is 0 Å². The summed E-state index contributed by atoms with van der Waals surface area (Å²) in [5.74, 6) is -2.87. The Morgan fingerprint density at radius 1 is 1.25 bits per heavy atom. The normalized spacial score (nSPS) is 32.2. The highest BCUT2D eigenvalue weighted by atomic mass is 16.7.